The predicted molar refractivity (Wildman–Crippen MR) is 93.2 cm³/mol. The second-order valence-corrected chi connectivity index (χ2v) is 5.95. The highest BCUT2D eigenvalue weighted by atomic mass is 15.2. The summed E-state index contributed by atoms with van der Waals surface area (Å²) in [6, 6.07) is 6.39. The summed E-state index contributed by atoms with van der Waals surface area (Å²) in [7, 11) is 15.1. The number of rotatable bonds is 5. The van der Waals surface area contributed by atoms with Crippen LogP contribution in [0.5, 0.6) is 0 Å². The number of nitrogens with zero attached hydrogens (tertiary/aromatic N) is 2. The normalized spacial score (nSPS) is 14.0. The van der Waals surface area contributed by atoms with E-state index in [1.165, 1.54) is 22.0 Å². The molecule has 0 aliphatic rings. The lowest BCUT2D eigenvalue weighted by atomic mass is 9.53. The lowest BCUT2D eigenvalue weighted by Crippen LogP contribution is -2.53. The Balaban J connectivity index is 2.54. The minimum Gasteiger partial charge on any atom is -0.350 e. The average Bonchev–Trinajstić information content (AvgIpc) is 2.77. The van der Waals surface area contributed by atoms with Crippen LogP contribution in [0.15, 0.2) is 24.4 Å². The van der Waals surface area contributed by atoms with Crippen LogP contribution >= 0.6 is 0 Å². The maximum Gasteiger partial charge on any atom is 0.0832 e. The zero-order valence-corrected chi connectivity index (χ0v) is 13.9. The molecule has 21 heavy (non-hydrogen) atoms. The van der Waals surface area contributed by atoms with Gasteiger partial charge in [0.1, 0.15) is 0 Å². The molecule has 4 radical (unpaired) electrons. The Morgan fingerprint density at radius 2 is 1.86 bits per heavy atom. The minimum absolute atomic E-state index is 0.0444. The Kier molecular flexibility index (Phi) is 4.57. The number of benzene rings is 1. The molecule has 0 saturated heterocycles. The van der Waals surface area contributed by atoms with Crippen molar-refractivity contribution < 1.29 is 0 Å². The van der Waals surface area contributed by atoms with Gasteiger partial charge in [-0.3, -0.25) is 0 Å². The van der Waals surface area contributed by atoms with Gasteiger partial charge in [-0.2, -0.15) is 0 Å². The van der Waals surface area contributed by atoms with Crippen molar-refractivity contribution >= 4 is 26.6 Å². The molecule has 0 amide bonds. The lowest BCUT2D eigenvalue weighted by Gasteiger charge is -2.43. The van der Waals surface area contributed by atoms with Crippen molar-refractivity contribution in [3.63, 3.8) is 0 Å². The standard InChI is InChI=1S/C17H24B2N2/c1-6-21(7-2)17(18,19)13(4)15-11-20(5)16-12(3)9-8-10-14(15)16/h8-11,13H,6-7H2,1-5H3. The van der Waals surface area contributed by atoms with Crippen molar-refractivity contribution in [2.24, 2.45) is 7.05 Å². The van der Waals surface area contributed by atoms with Crippen LogP contribution in [-0.4, -0.2) is 43.6 Å². The third-order valence-electron chi connectivity index (χ3n) is 4.71. The van der Waals surface area contributed by atoms with E-state index in [9.17, 15) is 0 Å². The maximum atomic E-state index is 6.49. The van der Waals surface area contributed by atoms with Crippen molar-refractivity contribution in [3.05, 3.63) is 35.5 Å². The van der Waals surface area contributed by atoms with Gasteiger partial charge in [0, 0.05) is 18.6 Å². The van der Waals surface area contributed by atoms with E-state index in [0.29, 0.717) is 0 Å². The van der Waals surface area contributed by atoms with Gasteiger partial charge in [-0.25, -0.2) is 0 Å². The highest BCUT2D eigenvalue weighted by Gasteiger charge is 2.32. The first-order chi connectivity index (χ1) is 9.84. The van der Waals surface area contributed by atoms with Gasteiger partial charge >= 0.3 is 0 Å². The summed E-state index contributed by atoms with van der Waals surface area (Å²) < 4.78 is 2.18. The van der Waals surface area contributed by atoms with Crippen molar-refractivity contribution in [2.45, 2.75) is 39.0 Å². The first kappa shape index (κ1) is 16.2. The Morgan fingerprint density at radius 3 is 2.43 bits per heavy atom. The number of fused-ring (bicyclic) bond motifs is 1. The minimum atomic E-state index is -0.846. The maximum absolute atomic E-state index is 6.49. The molecule has 1 heterocycles. The second kappa shape index (κ2) is 5.92. The number of hydrogen-bond acceptors (Lipinski definition) is 1. The molecule has 0 aliphatic carbocycles. The molecule has 1 aromatic heterocycles. The molecule has 0 fully saturated rings. The van der Waals surface area contributed by atoms with Crippen LogP contribution in [0, 0.1) is 6.92 Å². The van der Waals surface area contributed by atoms with Gasteiger partial charge in [-0.15, -0.1) is 0 Å². The third-order valence-corrected chi connectivity index (χ3v) is 4.71. The van der Waals surface area contributed by atoms with E-state index in [-0.39, 0.29) is 5.92 Å². The Bertz CT molecular complexity index is 627. The summed E-state index contributed by atoms with van der Waals surface area (Å²) in [5, 5.41) is 0.402. The lowest BCUT2D eigenvalue weighted by molar-refractivity contribution is 0.223. The van der Waals surface area contributed by atoms with Crippen molar-refractivity contribution in [3.8, 4) is 0 Å². The van der Waals surface area contributed by atoms with E-state index in [1.54, 1.807) is 0 Å². The zero-order valence-electron chi connectivity index (χ0n) is 13.9. The summed E-state index contributed by atoms with van der Waals surface area (Å²) in [6.45, 7) is 10.1. The molecule has 2 nitrogen and oxygen atoms in total. The molecule has 1 aromatic carbocycles. The quantitative estimate of drug-likeness (QED) is 0.763. The number of aryl methyl sites for hydroxylation is 2. The van der Waals surface area contributed by atoms with Gasteiger partial charge in [0.05, 0.1) is 21.2 Å². The van der Waals surface area contributed by atoms with Gasteiger partial charge in [-0.1, -0.05) is 39.0 Å². The average molecular weight is 278 g/mol. The molecule has 0 aliphatic heterocycles. The Hall–Kier alpha value is -1.15. The molecule has 0 bridgehead atoms. The van der Waals surface area contributed by atoms with Crippen LogP contribution in [0.4, 0.5) is 0 Å². The molecular weight excluding hydrogens is 254 g/mol. The van der Waals surface area contributed by atoms with Crippen LogP contribution in [-0.2, 0) is 7.05 Å². The molecule has 2 rings (SSSR count). The number of aromatic nitrogens is 1. The summed E-state index contributed by atoms with van der Waals surface area (Å²) >= 11 is 0. The van der Waals surface area contributed by atoms with E-state index in [2.05, 4.69) is 68.6 Å². The fourth-order valence-corrected chi connectivity index (χ4v) is 3.34. The van der Waals surface area contributed by atoms with E-state index in [0.717, 1.165) is 13.1 Å². The molecular formula is C17H24B2N2. The van der Waals surface area contributed by atoms with Gasteiger partial charge in [0.25, 0.3) is 0 Å². The molecule has 2 aromatic rings. The smallest absolute Gasteiger partial charge is 0.0832 e. The van der Waals surface area contributed by atoms with Crippen LogP contribution in [0.2, 0.25) is 0 Å². The van der Waals surface area contributed by atoms with Crippen molar-refractivity contribution in [2.75, 3.05) is 13.1 Å². The number of para-hydroxylation sites is 1. The third kappa shape index (κ3) is 2.66. The molecule has 0 saturated carbocycles. The van der Waals surface area contributed by atoms with Crippen molar-refractivity contribution in [1.29, 1.82) is 0 Å². The fourth-order valence-electron chi connectivity index (χ4n) is 3.34. The van der Waals surface area contributed by atoms with Crippen LogP contribution in [0.25, 0.3) is 10.9 Å². The van der Waals surface area contributed by atoms with Crippen molar-refractivity contribution in [1.82, 2.24) is 9.47 Å². The van der Waals surface area contributed by atoms with Crippen LogP contribution in [0.3, 0.4) is 0 Å². The predicted octanol–water partition coefficient (Wildman–Crippen LogP) is 2.92. The number of likely N-dealkylation sites (N-methyl/N-ethyl adjacent to an activating group) is 1. The molecule has 1 unspecified atom stereocenters. The molecule has 0 spiro atoms. The van der Waals surface area contributed by atoms with Gasteiger partial charge in [0.2, 0.25) is 0 Å². The van der Waals surface area contributed by atoms with E-state index in [4.69, 9.17) is 15.7 Å². The number of hydrogen-bond donors (Lipinski definition) is 0. The molecule has 108 valence electrons. The largest absolute Gasteiger partial charge is 0.350 e. The van der Waals surface area contributed by atoms with E-state index >= 15 is 0 Å². The van der Waals surface area contributed by atoms with E-state index < -0.39 is 5.34 Å². The van der Waals surface area contributed by atoms with Gasteiger partial charge in [0.15, 0.2) is 0 Å². The van der Waals surface area contributed by atoms with Crippen LogP contribution in [0.1, 0.15) is 37.8 Å². The Labute approximate surface area is 131 Å². The molecule has 4 heteroatoms. The SMILES string of the molecule is [B]C([B])(C(C)c1cn(C)c2c(C)cccc12)N(CC)CC. The second-order valence-electron chi connectivity index (χ2n) is 5.95. The molecule has 1 atom stereocenters. The fraction of sp³-hybridized carbons (Fsp3) is 0.529. The Morgan fingerprint density at radius 1 is 1.24 bits per heavy atom. The summed E-state index contributed by atoms with van der Waals surface area (Å²) in [6.07, 6.45) is 2.17. The van der Waals surface area contributed by atoms with E-state index in [1.807, 2.05) is 0 Å². The van der Waals surface area contributed by atoms with Gasteiger partial charge in [-0.05, 0) is 42.4 Å². The summed E-state index contributed by atoms with van der Waals surface area (Å²) in [5.41, 5.74) is 3.75. The zero-order chi connectivity index (χ0) is 15.8. The topological polar surface area (TPSA) is 8.17 Å². The summed E-state index contributed by atoms with van der Waals surface area (Å²) in [4.78, 5) is 2.12. The highest BCUT2D eigenvalue weighted by molar-refractivity contribution is 6.40. The molecule has 0 N–H and O–H groups in total. The first-order valence-electron chi connectivity index (χ1n) is 7.71. The first-order valence-corrected chi connectivity index (χ1v) is 7.71. The van der Waals surface area contributed by atoms with Gasteiger partial charge < -0.3 is 9.47 Å². The van der Waals surface area contributed by atoms with Crippen LogP contribution < -0.4 is 0 Å². The monoisotopic (exact) mass is 278 g/mol. The highest BCUT2D eigenvalue weighted by Crippen LogP contribution is 2.35. The summed E-state index contributed by atoms with van der Waals surface area (Å²) in [5.74, 6) is 0.0444.